The minimum absolute atomic E-state index is 0.0412. The largest absolute Gasteiger partial charge is 0.495 e. The predicted molar refractivity (Wildman–Crippen MR) is 125 cm³/mol. The summed E-state index contributed by atoms with van der Waals surface area (Å²) < 4.78 is 11.5. The molecule has 0 unspecified atom stereocenters. The smallest absolute Gasteiger partial charge is 0.238 e. The predicted octanol–water partition coefficient (Wildman–Crippen LogP) is 4.41. The van der Waals surface area contributed by atoms with Gasteiger partial charge in [0.1, 0.15) is 16.9 Å². The molecule has 0 saturated carbocycles. The van der Waals surface area contributed by atoms with Crippen molar-refractivity contribution in [2.75, 3.05) is 45.2 Å². The molecule has 6 nitrogen and oxygen atoms in total. The lowest BCUT2D eigenvalue weighted by Gasteiger charge is -2.34. The van der Waals surface area contributed by atoms with Crippen molar-refractivity contribution >= 4 is 44.9 Å². The highest BCUT2D eigenvalue weighted by Crippen LogP contribution is 2.36. The maximum absolute atomic E-state index is 12.7. The van der Waals surface area contributed by atoms with Crippen molar-refractivity contribution in [1.82, 2.24) is 9.80 Å². The summed E-state index contributed by atoms with van der Waals surface area (Å²) in [5.74, 6) is 0.591. The second-order valence-electron chi connectivity index (χ2n) is 7.83. The molecule has 4 aromatic rings. The molecule has 31 heavy (non-hydrogen) atoms. The Morgan fingerprint density at radius 3 is 2.61 bits per heavy atom. The van der Waals surface area contributed by atoms with Crippen LogP contribution in [0.3, 0.4) is 0 Å². The van der Waals surface area contributed by atoms with E-state index in [1.165, 1.54) is 4.88 Å². The normalized spacial score (nSPS) is 15.5. The van der Waals surface area contributed by atoms with Crippen LogP contribution in [-0.2, 0) is 11.3 Å². The van der Waals surface area contributed by atoms with Gasteiger partial charge in [0.15, 0.2) is 0 Å². The maximum Gasteiger partial charge on any atom is 0.238 e. The Morgan fingerprint density at radius 1 is 1.03 bits per heavy atom. The van der Waals surface area contributed by atoms with Crippen LogP contribution in [0.5, 0.6) is 5.75 Å². The second kappa shape index (κ2) is 8.70. The Labute approximate surface area is 185 Å². The van der Waals surface area contributed by atoms with E-state index < -0.39 is 0 Å². The molecule has 3 heterocycles. The Balaban J connectivity index is 1.23. The number of amides is 1. The third kappa shape index (κ3) is 4.30. The molecule has 1 saturated heterocycles. The molecule has 0 spiro atoms. The van der Waals surface area contributed by atoms with Crippen molar-refractivity contribution in [3.05, 3.63) is 58.8 Å². The summed E-state index contributed by atoms with van der Waals surface area (Å²) in [6, 6.07) is 16.0. The number of methoxy groups -OCH3 is 1. The number of rotatable bonds is 6. The van der Waals surface area contributed by atoms with Crippen LogP contribution in [0.1, 0.15) is 4.88 Å². The van der Waals surface area contributed by atoms with Crippen LogP contribution in [0, 0.1) is 0 Å². The Bertz CT molecular complexity index is 1190. The number of thiophene rings is 1. The number of carbonyl (C=O) groups is 1. The molecule has 1 fully saturated rings. The summed E-state index contributed by atoms with van der Waals surface area (Å²) in [4.78, 5) is 18.8. The number of furan rings is 1. The van der Waals surface area contributed by atoms with E-state index in [9.17, 15) is 4.79 Å². The number of para-hydroxylation sites is 1. The van der Waals surface area contributed by atoms with E-state index >= 15 is 0 Å². The van der Waals surface area contributed by atoms with E-state index in [-0.39, 0.29) is 5.91 Å². The Hall–Kier alpha value is -2.87. The van der Waals surface area contributed by atoms with Gasteiger partial charge in [-0.05, 0) is 23.6 Å². The van der Waals surface area contributed by atoms with Gasteiger partial charge in [0, 0.05) is 54.4 Å². The number of nitrogens with zero attached hydrogens (tertiary/aromatic N) is 2. The van der Waals surface area contributed by atoms with Crippen molar-refractivity contribution in [2.45, 2.75) is 6.54 Å². The maximum atomic E-state index is 12.7. The number of benzene rings is 2. The van der Waals surface area contributed by atoms with E-state index in [0.29, 0.717) is 18.0 Å². The molecule has 7 heteroatoms. The molecule has 1 amide bonds. The minimum atomic E-state index is -0.0412. The van der Waals surface area contributed by atoms with Crippen LogP contribution < -0.4 is 10.1 Å². The summed E-state index contributed by atoms with van der Waals surface area (Å²) in [5, 5.41) is 7.15. The molecule has 0 aliphatic carbocycles. The number of piperazine rings is 1. The highest BCUT2D eigenvalue weighted by Gasteiger charge is 2.20. The first-order chi connectivity index (χ1) is 15.2. The van der Waals surface area contributed by atoms with E-state index in [2.05, 4.69) is 32.6 Å². The fraction of sp³-hybridized carbons (Fsp3) is 0.292. The monoisotopic (exact) mass is 435 g/mol. The zero-order valence-electron chi connectivity index (χ0n) is 17.5. The first-order valence-corrected chi connectivity index (χ1v) is 11.3. The van der Waals surface area contributed by atoms with Crippen molar-refractivity contribution in [3.8, 4) is 5.75 Å². The van der Waals surface area contributed by atoms with Crippen LogP contribution in [0.25, 0.3) is 21.9 Å². The van der Waals surface area contributed by atoms with E-state index in [1.54, 1.807) is 18.4 Å². The number of anilines is 1. The van der Waals surface area contributed by atoms with Gasteiger partial charge in [-0.25, -0.2) is 0 Å². The van der Waals surface area contributed by atoms with Crippen LogP contribution in [0.4, 0.5) is 5.69 Å². The molecular formula is C24H25N3O3S. The van der Waals surface area contributed by atoms with Crippen LogP contribution in [0.2, 0.25) is 0 Å². The fourth-order valence-corrected chi connectivity index (χ4v) is 4.89. The molecule has 2 aromatic carbocycles. The summed E-state index contributed by atoms with van der Waals surface area (Å²) in [6.07, 6.45) is 0. The van der Waals surface area contributed by atoms with Crippen LogP contribution in [-0.4, -0.2) is 55.5 Å². The Kier molecular flexibility index (Phi) is 5.63. The molecule has 0 bridgehead atoms. The average molecular weight is 436 g/mol. The van der Waals surface area contributed by atoms with Gasteiger partial charge >= 0.3 is 0 Å². The summed E-state index contributed by atoms with van der Waals surface area (Å²) in [7, 11) is 1.62. The van der Waals surface area contributed by atoms with Crippen molar-refractivity contribution in [3.63, 3.8) is 0 Å². The van der Waals surface area contributed by atoms with Crippen LogP contribution in [0.15, 0.2) is 58.3 Å². The van der Waals surface area contributed by atoms with Gasteiger partial charge in [-0.3, -0.25) is 14.6 Å². The molecule has 1 aliphatic heterocycles. The SMILES string of the molecule is COc1cc2c(cc1NC(=O)CN1CCN(Cc3cccs3)CC1)oc1ccccc12. The molecule has 2 aromatic heterocycles. The highest BCUT2D eigenvalue weighted by atomic mass is 32.1. The van der Waals surface area contributed by atoms with Crippen molar-refractivity contribution in [2.24, 2.45) is 0 Å². The molecule has 1 aliphatic rings. The first-order valence-electron chi connectivity index (χ1n) is 10.5. The number of carbonyl (C=O) groups excluding carboxylic acids is 1. The third-order valence-electron chi connectivity index (χ3n) is 5.76. The number of ether oxygens (including phenoxy) is 1. The third-order valence-corrected chi connectivity index (χ3v) is 6.63. The van der Waals surface area contributed by atoms with Crippen LogP contribution >= 0.6 is 11.3 Å². The van der Waals surface area contributed by atoms with E-state index in [1.807, 2.05) is 36.4 Å². The van der Waals surface area contributed by atoms with E-state index in [0.717, 1.165) is 54.7 Å². The average Bonchev–Trinajstić information content (AvgIpc) is 3.41. The number of hydrogen-bond donors (Lipinski definition) is 1. The van der Waals surface area contributed by atoms with Gasteiger partial charge in [0.05, 0.1) is 19.3 Å². The zero-order chi connectivity index (χ0) is 21.2. The molecule has 0 radical (unpaired) electrons. The van der Waals surface area contributed by atoms with Gasteiger partial charge < -0.3 is 14.5 Å². The lowest BCUT2D eigenvalue weighted by Crippen LogP contribution is -2.48. The molecule has 0 atom stereocenters. The second-order valence-corrected chi connectivity index (χ2v) is 8.86. The molecule has 5 rings (SSSR count). The van der Waals surface area contributed by atoms with Gasteiger partial charge in [-0.1, -0.05) is 24.3 Å². The Morgan fingerprint density at radius 2 is 1.84 bits per heavy atom. The first kappa shape index (κ1) is 20.1. The number of fused-ring (bicyclic) bond motifs is 3. The van der Waals surface area contributed by atoms with Gasteiger partial charge in [0.25, 0.3) is 0 Å². The lowest BCUT2D eigenvalue weighted by atomic mass is 10.1. The quantitative estimate of drug-likeness (QED) is 0.486. The number of nitrogens with one attached hydrogen (secondary N) is 1. The topological polar surface area (TPSA) is 58.0 Å². The number of hydrogen-bond acceptors (Lipinski definition) is 6. The zero-order valence-corrected chi connectivity index (χ0v) is 18.3. The van der Waals surface area contributed by atoms with Gasteiger partial charge in [-0.15, -0.1) is 11.3 Å². The molecular weight excluding hydrogens is 410 g/mol. The molecule has 1 N–H and O–H groups in total. The lowest BCUT2D eigenvalue weighted by molar-refractivity contribution is -0.117. The molecule has 160 valence electrons. The minimum Gasteiger partial charge on any atom is -0.495 e. The van der Waals surface area contributed by atoms with Crippen molar-refractivity contribution in [1.29, 1.82) is 0 Å². The summed E-state index contributed by atoms with van der Waals surface area (Å²) >= 11 is 1.80. The van der Waals surface area contributed by atoms with Gasteiger partial charge in [-0.2, -0.15) is 0 Å². The summed E-state index contributed by atoms with van der Waals surface area (Å²) in [6.45, 7) is 5.08. The van der Waals surface area contributed by atoms with Crippen molar-refractivity contribution < 1.29 is 13.9 Å². The standard InChI is InChI=1S/C24H25N3O3S/c1-29-23-13-19-18-6-2-3-7-21(18)30-22(19)14-20(23)25-24(28)16-27-10-8-26(9-11-27)15-17-5-4-12-31-17/h2-7,12-14H,8-11,15-16H2,1H3,(H,25,28). The van der Waals surface area contributed by atoms with E-state index in [4.69, 9.17) is 9.15 Å². The van der Waals surface area contributed by atoms with Gasteiger partial charge in [0.2, 0.25) is 5.91 Å². The fourth-order valence-electron chi connectivity index (χ4n) is 4.14. The summed E-state index contributed by atoms with van der Waals surface area (Å²) in [5.41, 5.74) is 2.19. The highest BCUT2D eigenvalue weighted by molar-refractivity contribution is 7.09.